The zero-order valence-electron chi connectivity index (χ0n) is 6.86. The van der Waals surface area contributed by atoms with Gasteiger partial charge in [0.25, 0.3) is 0 Å². The first-order valence-electron chi connectivity index (χ1n) is 4.47. The summed E-state index contributed by atoms with van der Waals surface area (Å²) in [7, 11) is 0. The van der Waals surface area contributed by atoms with Crippen molar-refractivity contribution in [3.63, 3.8) is 0 Å². The summed E-state index contributed by atoms with van der Waals surface area (Å²) in [6.45, 7) is 2.11. The molecule has 0 bridgehead atoms. The molecule has 0 N–H and O–H groups in total. The van der Waals surface area contributed by atoms with Gasteiger partial charge in [-0.05, 0) is 19.3 Å². The van der Waals surface area contributed by atoms with E-state index in [1.807, 2.05) is 0 Å². The van der Waals surface area contributed by atoms with Crippen LogP contribution in [-0.2, 0) is 5.11 Å². The monoisotopic (exact) mass is 141 g/mol. The van der Waals surface area contributed by atoms with E-state index in [1.165, 1.54) is 19.3 Å². The van der Waals surface area contributed by atoms with E-state index in [0.29, 0.717) is 0 Å². The smallest absolute Gasteiger partial charge is 0.104 e. The lowest BCUT2D eigenvalue weighted by molar-refractivity contribution is -0.0649. The van der Waals surface area contributed by atoms with Crippen LogP contribution >= 0.6 is 0 Å². The molecule has 1 aliphatic carbocycles. The second kappa shape index (κ2) is 3.38. The third-order valence-electron chi connectivity index (χ3n) is 2.47. The third-order valence-corrected chi connectivity index (χ3v) is 2.47. The quantitative estimate of drug-likeness (QED) is 0.563. The van der Waals surface area contributed by atoms with Gasteiger partial charge in [-0.3, -0.25) is 0 Å². The van der Waals surface area contributed by atoms with Gasteiger partial charge in [-0.2, -0.15) is 0 Å². The van der Waals surface area contributed by atoms with Crippen molar-refractivity contribution < 1.29 is 5.11 Å². The van der Waals surface area contributed by atoms with Crippen molar-refractivity contribution >= 4 is 0 Å². The Bertz CT molecular complexity index is 87.4. The number of hydrogen-bond donors (Lipinski definition) is 0. The first kappa shape index (κ1) is 8.06. The van der Waals surface area contributed by atoms with Gasteiger partial charge in [-0.1, -0.05) is 32.6 Å². The van der Waals surface area contributed by atoms with E-state index in [4.69, 9.17) is 0 Å². The lowest BCUT2D eigenvalue weighted by Crippen LogP contribution is -2.29. The normalized spacial score (nSPS) is 24.6. The molecule has 0 aromatic carbocycles. The molecule has 1 fully saturated rings. The lowest BCUT2D eigenvalue weighted by atomic mass is 9.82. The molecule has 0 heterocycles. The molecule has 0 spiro atoms. The topological polar surface area (TPSA) is 19.9 Å². The van der Waals surface area contributed by atoms with Crippen LogP contribution in [0.15, 0.2) is 0 Å². The molecule has 1 radical (unpaired) electrons. The van der Waals surface area contributed by atoms with Crippen molar-refractivity contribution in [2.75, 3.05) is 0 Å². The Kier molecular flexibility index (Phi) is 2.72. The highest BCUT2D eigenvalue weighted by atomic mass is 16.3. The molecule has 0 saturated heterocycles. The van der Waals surface area contributed by atoms with Gasteiger partial charge >= 0.3 is 0 Å². The van der Waals surface area contributed by atoms with Crippen molar-refractivity contribution in [3.8, 4) is 0 Å². The van der Waals surface area contributed by atoms with Gasteiger partial charge in [0.1, 0.15) is 5.60 Å². The highest BCUT2D eigenvalue weighted by molar-refractivity contribution is 4.80. The zero-order chi connectivity index (χ0) is 7.45. The summed E-state index contributed by atoms with van der Waals surface area (Å²) in [5, 5.41) is 11.7. The summed E-state index contributed by atoms with van der Waals surface area (Å²) in [5.41, 5.74) is -0.521. The predicted molar refractivity (Wildman–Crippen MR) is 41.4 cm³/mol. The van der Waals surface area contributed by atoms with Crippen LogP contribution in [0.4, 0.5) is 0 Å². The van der Waals surface area contributed by atoms with E-state index in [0.717, 1.165) is 25.7 Å². The summed E-state index contributed by atoms with van der Waals surface area (Å²) < 4.78 is 0. The number of rotatable bonds is 2. The highest BCUT2D eigenvalue weighted by Crippen LogP contribution is 2.32. The molecule has 1 nitrogen and oxygen atoms in total. The molecule has 59 valence electrons. The Morgan fingerprint density at radius 1 is 1.20 bits per heavy atom. The molecule has 0 amide bonds. The first-order chi connectivity index (χ1) is 4.77. The predicted octanol–water partition coefficient (Wildman–Crippen LogP) is 2.92. The third kappa shape index (κ3) is 1.98. The minimum absolute atomic E-state index is 0.521. The van der Waals surface area contributed by atoms with Crippen LogP contribution in [0.1, 0.15) is 51.9 Å². The molecule has 1 rings (SSSR count). The Morgan fingerprint density at radius 2 is 1.80 bits per heavy atom. The van der Waals surface area contributed by atoms with Gasteiger partial charge in [-0.15, -0.1) is 0 Å². The summed E-state index contributed by atoms with van der Waals surface area (Å²) in [5.74, 6) is 0. The van der Waals surface area contributed by atoms with E-state index >= 15 is 0 Å². The lowest BCUT2D eigenvalue weighted by Gasteiger charge is -2.28. The van der Waals surface area contributed by atoms with Crippen molar-refractivity contribution in [3.05, 3.63) is 0 Å². The van der Waals surface area contributed by atoms with Crippen LogP contribution in [-0.4, -0.2) is 5.60 Å². The molecule has 0 aromatic heterocycles. The Morgan fingerprint density at radius 3 is 2.30 bits per heavy atom. The Labute approximate surface area is 63.4 Å². The Balaban J connectivity index is 2.32. The fourth-order valence-corrected chi connectivity index (χ4v) is 1.90. The van der Waals surface area contributed by atoms with Crippen LogP contribution in [0, 0.1) is 0 Å². The van der Waals surface area contributed by atoms with Crippen molar-refractivity contribution in [1.82, 2.24) is 0 Å². The van der Waals surface area contributed by atoms with E-state index in [1.54, 1.807) is 0 Å². The van der Waals surface area contributed by atoms with Crippen molar-refractivity contribution in [1.29, 1.82) is 0 Å². The molecule has 1 saturated carbocycles. The van der Waals surface area contributed by atoms with Crippen LogP contribution < -0.4 is 0 Å². The SMILES string of the molecule is CCCC1([O])CCCCC1. The minimum Gasteiger partial charge on any atom is -0.229 e. The second-order valence-electron chi connectivity index (χ2n) is 3.49. The van der Waals surface area contributed by atoms with E-state index in [-0.39, 0.29) is 0 Å². The zero-order valence-corrected chi connectivity index (χ0v) is 6.86. The maximum Gasteiger partial charge on any atom is 0.104 e. The van der Waals surface area contributed by atoms with Crippen LogP contribution in [0.5, 0.6) is 0 Å². The van der Waals surface area contributed by atoms with E-state index in [9.17, 15) is 5.11 Å². The average molecular weight is 141 g/mol. The molecular formula is C9H17O. The molecule has 1 heteroatoms. The molecule has 1 aliphatic rings. The maximum absolute atomic E-state index is 11.7. The van der Waals surface area contributed by atoms with Gasteiger partial charge in [0.05, 0.1) is 0 Å². The van der Waals surface area contributed by atoms with Crippen LogP contribution in [0.3, 0.4) is 0 Å². The standard InChI is InChI=1S/C9H17O/c1-2-6-9(10)7-4-3-5-8-9/h2-8H2,1H3. The van der Waals surface area contributed by atoms with Gasteiger partial charge in [0, 0.05) is 0 Å². The second-order valence-corrected chi connectivity index (χ2v) is 3.49. The average Bonchev–Trinajstić information content (AvgIpc) is 1.89. The first-order valence-corrected chi connectivity index (χ1v) is 4.47. The molecular weight excluding hydrogens is 124 g/mol. The maximum atomic E-state index is 11.7. The van der Waals surface area contributed by atoms with Gasteiger partial charge < -0.3 is 0 Å². The minimum atomic E-state index is -0.521. The summed E-state index contributed by atoms with van der Waals surface area (Å²) in [6, 6.07) is 0. The van der Waals surface area contributed by atoms with Gasteiger partial charge in [0.15, 0.2) is 0 Å². The summed E-state index contributed by atoms with van der Waals surface area (Å²) in [6.07, 6.45) is 7.44. The largest absolute Gasteiger partial charge is 0.229 e. The van der Waals surface area contributed by atoms with Gasteiger partial charge in [0.2, 0.25) is 0 Å². The van der Waals surface area contributed by atoms with E-state index in [2.05, 4.69) is 6.92 Å². The fourth-order valence-electron chi connectivity index (χ4n) is 1.90. The molecule has 0 aromatic rings. The molecule has 10 heavy (non-hydrogen) atoms. The van der Waals surface area contributed by atoms with Crippen molar-refractivity contribution in [2.45, 2.75) is 57.5 Å². The summed E-state index contributed by atoms with van der Waals surface area (Å²) >= 11 is 0. The highest BCUT2D eigenvalue weighted by Gasteiger charge is 2.29. The number of hydrogen-bond acceptors (Lipinski definition) is 0. The van der Waals surface area contributed by atoms with Crippen molar-refractivity contribution in [2.24, 2.45) is 0 Å². The van der Waals surface area contributed by atoms with Crippen LogP contribution in [0.2, 0.25) is 0 Å². The fraction of sp³-hybridized carbons (Fsp3) is 1.00. The van der Waals surface area contributed by atoms with Gasteiger partial charge in [-0.25, -0.2) is 5.11 Å². The van der Waals surface area contributed by atoms with Crippen LogP contribution in [0.25, 0.3) is 0 Å². The molecule has 0 unspecified atom stereocenters. The molecule has 0 atom stereocenters. The van der Waals surface area contributed by atoms with E-state index < -0.39 is 5.60 Å². The Hall–Kier alpha value is -0.0400. The summed E-state index contributed by atoms with van der Waals surface area (Å²) in [4.78, 5) is 0. The molecule has 0 aliphatic heterocycles.